The Hall–Kier alpha value is -1.39. The van der Waals surface area contributed by atoms with Crippen LogP contribution in [0.5, 0.6) is 0 Å². The van der Waals surface area contributed by atoms with E-state index in [1.807, 2.05) is 13.0 Å². The molecule has 0 saturated heterocycles. The van der Waals surface area contributed by atoms with E-state index in [-0.39, 0.29) is 17.3 Å². The number of rotatable bonds is 0. The van der Waals surface area contributed by atoms with Crippen molar-refractivity contribution < 1.29 is 19.7 Å². The molecule has 3 aliphatic rings. The van der Waals surface area contributed by atoms with Crippen molar-refractivity contribution in [2.24, 2.45) is 11.3 Å². The molecule has 0 aromatic heterocycles. The molecule has 0 amide bonds. The van der Waals surface area contributed by atoms with Crippen molar-refractivity contribution in [3.63, 3.8) is 0 Å². The van der Waals surface area contributed by atoms with Gasteiger partial charge in [-0.05, 0) is 37.0 Å². The monoisotopic (exact) mass is 262 g/mol. The SMILES string of the molecule is CC1=C2C[C@]3(C)C(=C[C@@H](O)[C@@H](O)[C@H]3C)C=C2OC1=O. The molecule has 0 saturated carbocycles. The summed E-state index contributed by atoms with van der Waals surface area (Å²) in [5.74, 6) is 0.219. The second kappa shape index (κ2) is 3.81. The topological polar surface area (TPSA) is 66.8 Å². The van der Waals surface area contributed by atoms with E-state index in [2.05, 4.69) is 6.92 Å². The molecule has 0 bridgehead atoms. The number of aliphatic hydroxyl groups is 2. The Morgan fingerprint density at radius 1 is 1.42 bits per heavy atom. The van der Waals surface area contributed by atoms with E-state index in [0.29, 0.717) is 17.8 Å². The van der Waals surface area contributed by atoms with Gasteiger partial charge in [0.2, 0.25) is 0 Å². The highest BCUT2D eigenvalue weighted by atomic mass is 16.5. The van der Waals surface area contributed by atoms with Gasteiger partial charge in [0.1, 0.15) is 5.76 Å². The van der Waals surface area contributed by atoms with Crippen LogP contribution in [0.2, 0.25) is 0 Å². The maximum atomic E-state index is 11.6. The minimum atomic E-state index is -0.862. The zero-order valence-electron chi connectivity index (χ0n) is 11.3. The number of fused-ring (bicyclic) bond motifs is 2. The Kier molecular flexibility index (Phi) is 2.53. The van der Waals surface area contributed by atoms with Crippen molar-refractivity contribution in [2.45, 2.75) is 39.4 Å². The molecule has 0 radical (unpaired) electrons. The Morgan fingerprint density at radius 3 is 2.79 bits per heavy atom. The summed E-state index contributed by atoms with van der Waals surface area (Å²) < 4.78 is 5.23. The average Bonchev–Trinajstić information content (AvgIpc) is 2.62. The lowest BCUT2D eigenvalue weighted by Crippen LogP contribution is -2.46. The smallest absolute Gasteiger partial charge is 0.339 e. The number of aliphatic hydroxyl groups excluding tert-OH is 2. The van der Waals surface area contributed by atoms with Gasteiger partial charge in [-0.1, -0.05) is 13.8 Å². The zero-order chi connectivity index (χ0) is 13.9. The molecule has 102 valence electrons. The third kappa shape index (κ3) is 1.56. The Morgan fingerprint density at radius 2 is 2.11 bits per heavy atom. The van der Waals surface area contributed by atoms with Crippen LogP contribution in [0, 0.1) is 11.3 Å². The number of allylic oxidation sites excluding steroid dienone is 3. The van der Waals surface area contributed by atoms with Gasteiger partial charge in [0, 0.05) is 16.6 Å². The highest BCUT2D eigenvalue weighted by Gasteiger charge is 2.48. The lowest BCUT2D eigenvalue weighted by atomic mass is 9.60. The second-order valence-electron chi connectivity index (χ2n) is 5.99. The van der Waals surface area contributed by atoms with Crippen LogP contribution in [-0.4, -0.2) is 28.4 Å². The zero-order valence-corrected chi connectivity index (χ0v) is 11.3. The third-order valence-corrected chi connectivity index (χ3v) is 4.97. The van der Waals surface area contributed by atoms with Crippen molar-refractivity contribution in [3.05, 3.63) is 34.6 Å². The van der Waals surface area contributed by atoms with Gasteiger partial charge in [-0.15, -0.1) is 0 Å². The van der Waals surface area contributed by atoms with E-state index in [1.165, 1.54) is 0 Å². The number of hydrogen-bond acceptors (Lipinski definition) is 4. The minimum absolute atomic E-state index is 0.0868. The predicted octanol–water partition coefficient (Wildman–Crippen LogP) is 1.45. The molecule has 2 N–H and O–H groups in total. The summed E-state index contributed by atoms with van der Waals surface area (Å²) in [4.78, 5) is 11.6. The van der Waals surface area contributed by atoms with E-state index in [0.717, 1.165) is 11.1 Å². The van der Waals surface area contributed by atoms with E-state index in [4.69, 9.17) is 4.74 Å². The quantitative estimate of drug-likeness (QED) is 0.648. The summed E-state index contributed by atoms with van der Waals surface area (Å²) in [6.07, 6.45) is 2.53. The molecule has 4 nitrogen and oxygen atoms in total. The van der Waals surface area contributed by atoms with Crippen LogP contribution < -0.4 is 0 Å². The first-order valence-corrected chi connectivity index (χ1v) is 6.57. The van der Waals surface area contributed by atoms with Crippen LogP contribution in [-0.2, 0) is 9.53 Å². The molecule has 0 fully saturated rings. The van der Waals surface area contributed by atoms with Crippen LogP contribution in [0.3, 0.4) is 0 Å². The Labute approximate surface area is 112 Å². The molecule has 0 unspecified atom stereocenters. The maximum Gasteiger partial charge on any atom is 0.339 e. The summed E-state index contributed by atoms with van der Waals surface area (Å²) in [5, 5.41) is 19.9. The molecule has 0 spiro atoms. The number of esters is 1. The summed E-state index contributed by atoms with van der Waals surface area (Å²) in [6, 6.07) is 0. The first kappa shape index (κ1) is 12.6. The van der Waals surface area contributed by atoms with Crippen LogP contribution in [0.25, 0.3) is 0 Å². The fourth-order valence-corrected chi connectivity index (χ4v) is 3.28. The first-order valence-electron chi connectivity index (χ1n) is 6.57. The van der Waals surface area contributed by atoms with Gasteiger partial charge in [0.05, 0.1) is 12.2 Å². The fourth-order valence-electron chi connectivity index (χ4n) is 3.28. The molecule has 0 aromatic carbocycles. The van der Waals surface area contributed by atoms with Gasteiger partial charge in [-0.25, -0.2) is 4.79 Å². The maximum absolute atomic E-state index is 11.6. The van der Waals surface area contributed by atoms with Crippen LogP contribution in [0.1, 0.15) is 27.2 Å². The number of hydrogen-bond donors (Lipinski definition) is 2. The van der Waals surface area contributed by atoms with Crippen molar-refractivity contribution in [2.75, 3.05) is 0 Å². The number of carbonyl (C=O) groups excluding carboxylic acids is 1. The Balaban J connectivity index is 2.15. The van der Waals surface area contributed by atoms with Crippen LogP contribution in [0.4, 0.5) is 0 Å². The average molecular weight is 262 g/mol. The molecule has 1 aliphatic heterocycles. The van der Waals surface area contributed by atoms with E-state index in [1.54, 1.807) is 13.0 Å². The molecular weight excluding hydrogens is 244 g/mol. The lowest BCUT2D eigenvalue weighted by molar-refractivity contribution is -0.133. The fraction of sp³-hybridized carbons (Fsp3) is 0.533. The lowest BCUT2D eigenvalue weighted by Gasteiger charge is -2.46. The summed E-state index contributed by atoms with van der Waals surface area (Å²) in [5.41, 5.74) is 2.26. The van der Waals surface area contributed by atoms with E-state index < -0.39 is 12.2 Å². The van der Waals surface area contributed by atoms with Gasteiger partial charge in [-0.3, -0.25) is 0 Å². The van der Waals surface area contributed by atoms with Gasteiger partial charge in [0.25, 0.3) is 0 Å². The van der Waals surface area contributed by atoms with Gasteiger partial charge in [-0.2, -0.15) is 0 Å². The third-order valence-electron chi connectivity index (χ3n) is 4.97. The van der Waals surface area contributed by atoms with Gasteiger partial charge < -0.3 is 14.9 Å². The molecule has 0 aromatic rings. The van der Waals surface area contributed by atoms with E-state index >= 15 is 0 Å². The van der Waals surface area contributed by atoms with Gasteiger partial charge in [0.15, 0.2) is 0 Å². The highest BCUT2D eigenvalue weighted by Crippen LogP contribution is 2.53. The highest BCUT2D eigenvalue weighted by molar-refractivity contribution is 5.94. The number of ether oxygens (including phenoxy) is 1. The summed E-state index contributed by atoms with van der Waals surface area (Å²) >= 11 is 0. The predicted molar refractivity (Wildman–Crippen MR) is 68.9 cm³/mol. The molecule has 2 aliphatic carbocycles. The second-order valence-corrected chi connectivity index (χ2v) is 5.99. The Bertz CT molecular complexity index is 554. The molecule has 1 heterocycles. The largest absolute Gasteiger partial charge is 0.423 e. The standard InChI is InChI=1S/C15H18O4/c1-7-10-6-15(3)8(2)13(17)11(16)4-9(15)5-12(10)19-14(7)18/h4-5,8,11,13,16-17H,6H2,1-3H3/t8-,11-,13+,15+/m1/s1. The minimum Gasteiger partial charge on any atom is -0.423 e. The molecule has 4 atom stereocenters. The van der Waals surface area contributed by atoms with Crippen molar-refractivity contribution in [1.29, 1.82) is 0 Å². The van der Waals surface area contributed by atoms with Crippen molar-refractivity contribution in [3.8, 4) is 0 Å². The van der Waals surface area contributed by atoms with E-state index in [9.17, 15) is 15.0 Å². The molecule has 19 heavy (non-hydrogen) atoms. The molecule has 4 heteroatoms. The van der Waals surface area contributed by atoms with Crippen LogP contribution >= 0.6 is 0 Å². The number of carbonyl (C=O) groups is 1. The van der Waals surface area contributed by atoms with Gasteiger partial charge >= 0.3 is 5.97 Å². The van der Waals surface area contributed by atoms with Crippen molar-refractivity contribution >= 4 is 5.97 Å². The normalized spacial score (nSPS) is 41.3. The molecule has 3 rings (SSSR count). The first-order chi connectivity index (χ1) is 8.84. The van der Waals surface area contributed by atoms with Crippen molar-refractivity contribution in [1.82, 2.24) is 0 Å². The van der Waals surface area contributed by atoms with Crippen LogP contribution in [0.15, 0.2) is 34.6 Å². The molecular formula is C15H18O4. The summed E-state index contributed by atoms with van der Waals surface area (Å²) in [7, 11) is 0. The summed E-state index contributed by atoms with van der Waals surface area (Å²) in [6.45, 7) is 5.78.